The molecule has 7 heteroatoms. The van der Waals surface area contributed by atoms with E-state index in [0.29, 0.717) is 19.5 Å². The number of fused-ring (bicyclic) bond motifs is 1. The topological polar surface area (TPSA) is 110 Å². The molecule has 0 bridgehead atoms. The monoisotopic (exact) mass is 460 g/mol. The first-order valence-electron chi connectivity index (χ1n) is 11.2. The number of carbonyl (C=O) groups excluding carboxylic acids is 2. The predicted octanol–water partition coefficient (Wildman–Crippen LogP) is 2.54. The second-order valence-corrected chi connectivity index (χ2v) is 8.57. The summed E-state index contributed by atoms with van der Waals surface area (Å²) in [5.41, 5.74) is 4.85. The van der Waals surface area contributed by atoms with E-state index in [2.05, 4.69) is 5.32 Å². The van der Waals surface area contributed by atoms with Crippen LogP contribution in [0.1, 0.15) is 29.7 Å². The molecule has 0 radical (unpaired) electrons. The molecule has 0 spiro atoms. The van der Waals surface area contributed by atoms with Crippen LogP contribution in [0.25, 0.3) is 11.1 Å². The number of nitrogens with one attached hydrogen (secondary N) is 1. The molecule has 34 heavy (non-hydrogen) atoms. The maximum absolute atomic E-state index is 12.7. The van der Waals surface area contributed by atoms with Crippen molar-refractivity contribution in [2.24, 2.45) is 0 Å². The van der Waals surface area contributed by atoms with E-state index in [1.165, 1.54) is 4.90 Å². The fourth-order valence-corrected chi connectivity index (χ4v) is 4.15. The van der Waals surface area contributed by atoms with Crippen LogP contribution < -0.4 is 5.32 Å². The van der Waals surface area contributed by atoms with Gasteiger partial charge in [0.2, 0.25) is 0 Å². The number of rotatable bonds is 6. The van der Waals surface area contributed by atoms with Gasteiger partial charge in [-0.1, -0.05) is 60.7 Å². The van der Waals surface area contributed by atoms with Crippen LogP contribution in [0.2, 0.25) is 0 Å². The Hall–Kier alpha value is -3.68. The van der Waals surface area contributed by atoms with Gasteiger partial charge in [-0.2, -0.15) is 0 Å². The number of carbonyl (C=O) groups is 2. The van der Waals surface area contributed by atoms with Crippen molar-refractivity contribution in [2.75, 3.05) is 6.54 Å². The quantitative estimate of drug-likeness (QED) is 0.452. The van der Waals surface area contributed by atoms with Crippen LogP contribution in [0.15, 0.2) is 72.8 Å². The average Bonchev–Trinajstić information content (AvgIpc) is 2.87. The number of phenols is 1. The summed E-state index contributed by atoms with van der Waals surface area (Å²) in [6, 6.07) is 21.7. The second-order valence-electron chi connectivity index (χ2n) is 8.57. The first-order chi connectivity index (χ1) is 16.3. The Kier molecular flexibility index (Phi) is 6.95. The minimum Gasteiger partial charge on any atom is -0.508 e. The fraction of sp³-hybridized carbons (Fsp3) is 0.259. The molecule has 3 atom stereocenters. The van der Waals surface area contributed by atoms with Gasteiger partial charge in [-0.25, -0.2) is 0 Å². The molecule has 0 fully saturated rings. The molecule has 0 aromatic heterocycles. The number of aliphatic hydroxyl groups excluding tert-OH is 2. The molecule has 1 aliphatic rings. The van der Waals surface area contributed by atoms with Crippen molar-refractivity contribution in [1.29, 1.82) is 0 Å². The molecule has 0 aliphatic carbocycles. The summed E-state index contributed by atoms with van der Waals surface area (Å²) in [5, 5.41) is 32.9. The van der Waals surface area contributed by atoms with E-state index in [1.807, 2.05) is 60.7 Å². The van der Waals surface area contributed by atoms with E-state index in [-0.39, 0.29) is 5.75 Å². The molecule has 0 saturated heterocycles. The van der Waals surface area contributed by atoms with Crippen LogP contribution in [0.5, 0.6) is 5.75 Å². The molecule has 1 aliphatic heterocycles. The van der Waals surface area contributed by atoms with Crippen molar-refractivity contribution < 1.29 is 24.9 Å². The maximum atomic E-state index is 12.7. The lowest BCUT2D eigenvalue weighted by atomic mass is 9.99. The number of amides is 2. The summed E-state index contributed by atoms with van der Waals surface area (Å²) in [6.45, 7) is 2.52. The van der Waals surface area contributed by atoms with E-state index in [9.17, 15) is 24.9 Å². The lowest BCUT2D eigenvalue weighted by Crippen LogP contribution is -2.51. The molecule has 7 nitrogen and oxygen atoms in total. The first-order valence-corrected chi connectivity index (χ1v) is 11.2. The highest BCUT2D eigenvalue weighted by Crippen LogP contribution is 2.24. The predicted molar refractivity (Wildman–Crippen MR) is 128 cm³/mol. The minimum absolute atomic E-state index is 0.195. The highest BCUT2D eigenvalue weighted by atomic mass is 16.3. The number of hydrogen-bond acceptors (Lipinski definition) is 5. The molecule has 3 aromatic carbocycles. The summed E-state index contributed by atoms with van der Waals surface area (Å²) in [5.74, 6) is -1.28. The molecule has 2 amide bonds. The summed E-state index contributed by atoms with van der Waals surface area (Å²) >= 11 is 0. The van der Waals surface area contributed by atoms with Crippen LogP contribution in [-0.4, -0.2) is 50.8 Å². The summed E-state index contributed by atoms with van der Waals surface area (Å²) in [7, 11) is 0. The molecule has 1 heterocycles. The van der Waals surface area contributed by atoms with Crippen molar-refractivity contribution in [3.8, 4) is 16.9 Å². The molecule has 3 aromatic rings. The Balaban J connectivity index is 1.35. The number of nitrogens with zero attached hydrogens (tertiary/aromatic N) is 1. The van der Waals surface area contributed by atoms with Gasteiger partial charge < -0.3 is 25.5 Å². The van der Waals surface area contributed by atoms with Gasteiger partial charge in [0.1, 0.15) is 5.75 Å². The number of phenolic OH excluding ortho intramolecular Hbond substituents is 1. The Labute approximate surface area is 198 Å². The first kappa shape index (κ1) is 23.5. The van der Waals surface area contributed by atoms with Gasteiger partial charge in [0.25, 0.3) is 11.8 Å². The molecule has 4 rings (SSSR count). The van der Waals surface area contributed by atoms with Gasteiger partial charge in [0.15, 0.2) is 12.2 Å². The van der Waals surface area contributed by atoms with E-state index in [4.69, 9.17) is 0 Å². The zero-order valence-corrected chi connectivity index (χ0v) is 18.9. The van der Waals surface area contributed by atoms with E-state index < -0.39 is 30.1 Å². The van der Waals surface area contributed by atoms with Crippen molar-refractivity contribution >= 4 is 11.8 Å². The molecule has 1 unspecified atom stereocenters. The lowest BCUT2D eigenvalue weighted by molar-refractivity contribution is -0.154. The molecule has 176 valence electrons. The van der Waals surface area contributed by atoms with Gasteiger partial charge in [-0.15, -0.1) is 0 Å². The normalized spacial score (nSPS) is 15.7. The Morgan fingerprint density at radius 3 is 2.09 bits per heavy atom. The molecular formula is C27H28N2O5. The standard InChI is InChI=1S/C27H28N2O5/c1-17(18-6-8-20(9-7-18)21-10-12-23(30)13-11-21)28-26(33)24(31)25(32)27(34)29-15-14-19-4-2-3-5-22(19)16-29/h2-13,17,24-25,30-32H,14-16H2,1H3,(H,28,33)/t17?,24-,25-/m1/s1. The molecular weight excluding hydrogens is 432 g/mol. The van der Waals surface area contributed by atoms with Crippen molar-refractivity contribution in [2.45, 2.75) is 38.1 Å². The van der Waals surface area contributed by atoms with Crippen LogP contribution in [-0.2, 0) is 22.6 Å². The average molecular weight is 461 g/mol. The van der Waals surface area contributed by atoms with Crippen LogP contribution in [0.3, 0.4) is 0 Å². The second kappa shape index (κ2) is 10.1. The number of benzene rings is 3. The molecule has 4 N–H and O–H groups in total. The summed E-state index contributed by atoms with van der Waals surface area (Å²) in [4.78, 5) is 26.7. The Morgan fingerprint density at radius 1 is 0.853 bits per heavy atom. The third-order valence-electron chi connectivity index (χ3n) is 6.23. The SMILES string of the molecule is CC(NC(=O)[C@H](O)[C@@H](O)C(=O)N1CCc2ccccc2C1)c1ccc(-c2ccc(O)cc2)cc1. The molecule has 0 saturated carbocycles. The highest BCUT2D eigenvalue weighted by Gasteiger charge is 2.35. The van der Waals surface area contributed by atoms with E-state index in [0.717, 1.165) is 27.8 Å². The largest absolute Gasteiger partial charge is 0.508 e. The van der Waals surface area contributed by atoms with E-state index in [1.54, 1.807) is 19.1 Å². The third kappa shape index (κ3) is 5.11. The van der Waals surface area contributed by atoms with Crippen molar-refractivity contribution in [3.63, 3.8) is 0 Å². The number of hydrogen-bond donors (Lipinski definition) is 4. The van der Waals surface area contributed by atoms with Gasteiger partial charge in [0.05, 0.1) is 6.04 Å². The lowest BCUT2D eigenvalue weighted by Gasteiger charge is -2.31. The van der Waals surface area contributed by atoms with Gasteiger partial charge in [-0.05, 0) is 53.3 Å². The van der Waals surface area contributed by atoms with Crippen LogP contribution in [0.4, 0.5) is 0 Å². The smallest absolute Gasteiger partial charge is 0.255 e. The zero-order chi connectivity index (χ0) is 24.2. The van der Waals surface area contributed by atoms with Crippen LogP contribution >= 0.6 is 0 Å². The van der Waals surface area contributed by atoms with Gasteiger partial charge in [-0.3, -0.25) is 9.59 Å². The minimum atomic E-state index is -1.87. The number of aromatic hydroxyl groups is 1. The Bertz CT molecular complexity index is 1160. The van der Waals surface area contributed by atoms with Crippen molar-refractivity contribution in [3.05, 3.63) is 89.5 Å². The van der Waals surface area contributed by atoms with Crippen LogP contribution in [0, 0.1) is 0 Å². The van der Waals surface area contributed by atoms with Gasteiger partial charge in [0, 0.05) is 13.1 Å². The van der Waals surface area contributed by atoms with Crippen molar-refractivity contribution in [1.82, 2.24) is 10.2 Å². The van der Waals surface area contributed by atoms with E-state index >= 15 is 0 Å². The highest BCUT2D eigenvalue weighted by molar-refractivity contribution is 5.91. The third-order valence-corrected chi connectivity index (χ3v) is 6.23. The number of aliphatic hydroxyl groups is 2. The Morgan fingerprint density at radius 2 is 1.44 bits per heavy atom. The van der Waals surface area contributed by atoms with Gasteiger partial charge >= 0.3 is 0 Å². The zero-order valence-electron chi connectivity index (χ0n) is 18.9. The fourth-order valence-electron chi connectivity index (χ4n) is 4.15. The summed E-state index contributed by atoms with van der Waals surface area (Å²) < 4.78 is 0. The maximum Gasteiger partial charge on any atom is 0.255 e. The summed E-state index contributed by atoms with van der Waals surface area (Å²) in [6.07, 6.45) is -3.05.